The van der Waals surface area contributed by atoms with E-state index in [4.69, 9.17) is 5.26 Å². The molecular weight excluding hydrogens is 336 g/mol. The first-order chi connectivity index (χ1) is 13.2. The van der Waals surface area contributed by atoms with Gasteiger partial charge in [-0.25, -0.2) is 0 Å². The van der Waals surface area contributed by atoms with E-state index < -0.39 is 0 Å². The first-order valence-corrected chi connectivity index (χ1v) is 8.76. The summed E-state index contributed by atoms with van der Waals surface area (Å²) >= 11 is 0. The molecule has 1 amide bonds. The van der Waals surface area contributed by atoms with Gasteiger partial charge in [0.15, 0.2) is 0 Å². The SMILES string of the molecule is CCN(Cc1ccccc1)C(=O)c1cc(Nc2ccc(C#N)cc2)ccn1. The summed E-state index contributed by atoms with van der Waals surface area (Å²) in [5.41, 5.74) is 3.70. The zero-order valence-corrected chi connectivity index (χ0v) is 15.1. The molecule has 5 nitrogen and oxygen atoms in total. The van der Waals surface area contributed by atoms with Crippen molar-refractivity contribution in [2.75, 3.05) is 11.9 Å². The zero-order valence-electron chi connectivity index (χ0n) is 15.1. The molecule has 27 heavy (non-hydrogen) atoms. The normalized spacial score (nSPS) is 10.1. The van der Waals surface area contributed by atoms with Gasteiger partial charge in [-0.15, -0.1) is 0 Å². The van der Waals surface area contributed by atoms with Gasteiger partial charge in [-0.1, -0.05) is 30.3 Å². The predicted molar refractivity (Wildman–Crippen MR) is 106 cm³/mol. The van der Waals surface area contributed by atoms with Gasteiger partial charge in [-0.3, -0.25) is 9.78 Å². The highest BCUT2D eigenvalue weighted by atomic mass is 16.2. The second-order valence-corrected chi connectivity index (χ2v) is 6.05. The van der Waals surface area contributed by atoms with E-state index in [0.29, 0.717) is 24.3 Å². The number of hydrogen-bond acceptors (Lipinski definition) is 4. The molecule has 0 saturated heterocycles. The van der Waals surface area contributed by atoms with E-state index >= 15 is 0 Å². The average molecular weight is 356 g/mol. The Kier molecular flexibility index (Phi) is 5.80. The van der Waals surface area contributed by atoms with Crippen molar-refractivity contribution in [3.8, 4) is 6.07 Å². The van der Waals surface area contributed by atoms with E-state index in [1.807, 2.05) is 55.5 Å². The molecule has 0 spiro atoms. The fraction of sp³-hybridized carbons (Fsp3) is 0.136. The topological polar surface area (TPSA) is 69.0 Å². The Labute approximate surface area is 158 Å². The Bertz CT molecular complexity index is 946. The first kappa shape index (κ1) is 18.2. The van der Waals surface area contributed by atoms with Crippen molar-refractivity contribution in [2.45, 2.75) is 13.5 Å². The lowest BCUT2D eigenvalue weighted by Crippen LogP contribution is -2.31. The van der Waals surface area contributed by atoms with Crippen molar-refractivity contribution in [2.24, 2.45) is 0 Å². The number of carbonyl (C=O) groups excluding carboxylic acids is 1. The fourth-order valence-electron chi connectivity index (χ4n) is 2.71. The highest BCUT2D eigenvalue weighted by Gasteiger charge is 2.16. The summed E-state index contributed by atoms with van der Waals surface area (Å²) < 4.78 is 0. The van der Waals surface area contributed by atoms with Crippen molar-refractivity contribution in [1.82, 2.24) is 9.88 Å². The van der Waals surface area contributed by atoms with Crippen LogP contribution < -0.4 is 5.32 Å². The van der Waals surface area contributed by atoms with Gasteiger partial charge in [0.05, 0.1) is 11.6 Å². The standard InChI is InChI=1S/C22H20N4O/c1-2-26(16-18-6-4-3-5-7-18)22(27)21-14-20(12-13-24-21)25-19-10-8-17(15-23)9-11-19/h3-14H,2,16H2,1H3,(H,24,25). The molecule has 0 aliphatic heterocycles. The number of pyridine rings is 1. The summed E-state index contributed by atoms with van der Waals surface area (Å²) in [5, 5.41) is 12.1. The summed E-state index contributed by atoms with van der Waals surface area (Å²) in [4.78, 5) is 18.9. The quantitative estimate of drug-likeness (QED) is 0.712. The van der Waals surface area contributed by atoms with Gasteiger partial charge in [0.1, 0.15) is 5.69 Å². The highest BCUT2D eigenvalue weighted by Crippen LogP contribution is 2.18. The number of amides is 1. The number of carbonyl (C=O) groups is 1. The van der Waals surface area contributed by atoms with Gasteiger partial charge < -0.3 is 10.2 Å². The Hall–Kier alpha value is -3.65. The maximum Gasteiger partial charge on any atom is 0.272 e. The number of benzene rings is 2. The van der Waals surface area contributed by atoms with Crippen LogP contribution in [-0.4, -0.2) is 22.3 Å². The maximum absolute atomic E-state index is 12.9. The molecule has 1 heterocycles. The second-order valence-electron chi connectivity index (χ2n) is 6.05. The minimum atomic E-state index is -0.107. The van der Waals surface area contributed by atoms with Gasteiger partial charge in [0.25, 0.3) is 5.91 Å². The molecule has 134 valence electrons. The summed E-state index contributed by atoms with van der Waals surface area (Å²) in [6.45, 7) is 3.10. The van der Waals surface area contributed by atoms with Gasteiger partial charge >= 0.3 is 0 Å². The van der Waals surface area contributed by atoms with Crippen molar-refractivity contribution in [3.63, 3.8) is 0 Å². The predicted octanol–water partition coefficient (Wildman–Crippen LogP) is 4.36. The number of rotatable bonds is 6. The number of nitrogens with zero attached hydrogens (tertiary/aromatic N) is 3. The highest BCUT2D eigenvalue weighted by molar-refractivity contribution is 5.93. The van der Waals surface area contributed by atoms with Crippen molar-refractivity contribution >= 4 is 17.3 Å². The molecule has 0 radical (unpaired) electrons. The molecule has 0 fully saturated rings. The molecule has 0 aliphatic carbocycles. The van der Waals surface area contributed by atoms with Gasteiger partial charge in [0, 0.05) is 30.7 Å². The maximum atomic E-state index is 12.9. The summed E-state index contributed by atoms with van der Waals surface area (Å²) in [6.07, 6.45) is 1.62. The molecule has 0 bridgehead atoms. The third-order valence-corrected chi connectivity index (χ3v) is 4.17. The van der Waals surface area contributed by atoms with Crippen molar-refractivity contribution in [3.05, 3.63) is 89.7 Å². The number of anilines is 2. The number of nitriles is 1. The number of nitrogens with one attached hydrogen (secondary N) is 1. The van der Waals surface area contributed by atoms with Crippen LogP contribution >= 0.6 is 0 Å². The Morgan fingerprint density at radius 3 is 2.48 bits per heavy atom. The minimum absolute atomic E-state index is 0.107. The number of hydrogen-bond donors (Lipinski definition) is 1. The van der Waals surface area contributed by atoms with Crippen LogP contribution in [0.25, 0.3) is 0 Å². The molecule has 3 rings (SSSR count). The second kappa shape index (κ2) is 8.63. The van der Waals surface area contributed by atoms with Crippen LogP contribution in [0.5, 0.6) is 0 Å². The molecule has 0 saturated carbocycles. The Balaban J connectivity index is 1.74. The summed E-state index contributed by atoms with van der Waals surface area (Å²) in [6, 6.07) is 22.7. The molecule has 0 aliphatic rings. The zero-order chi connectivity index (χ0) is 19.1. The van der Waals surface area contributed by atoms with Crippen LogP contribution in [0.3, 0.4) is 0 Å². The molecule has 3 aromatic rings. The molecular formula is C22H20N4O. The van der Waals surface area contributed by atoms with E-state index in [9.17, 15) is 4.79 Å². The third kappa shape index (κ3) is 4.71. The van der Waals surface area contributed by atoms with Crippen molar-refractivity contribution in [1.29, 1.82) is 5.26 Å². The first-order valence-electron chi connectivity index (χ1n) is 8.76. The minimum Gasteiger partial charge on any atom is -0.355 e. The monoisotopic (exact) mass is 356 g/mol. The van der Waals surface area contributed by atoms with E-state index in [2.05, 4.69) is 16.4 Å². The lowest BCUT2D eigenvalue weighted by Gasteiger charge is -2.21. The third-order valence-electron chi connectivity index (χ3n) is 4.17. The molecule has 5 heteroatoms. The van der Waals surface area contributed by atoms with E-state index in [1.54, 1.807) is 29.3 Å². The van der Waals surface area contributed by atoms with Gasteiger partial charge in [-0.2, -0.15) is 5.26 Å². The molecule has 0 unspecified atom stereocenters. The molecule has 0 atom stereocenters. The molecule has 2 aromatic carbocycles. The van der Waals surface area contributed by atoms with E-state index in [-0.39, 0.29) is 5.91 Å². The Morgan fingerprint density at radius 1 is 1.07 bits per heavy atom. The molecule has 1 N–H and O–H groups in total. The van der Waals surface area contributed by atoms with Gasteiger partial charge in [0.2, 0.25) is 0 Å². The van der Waals surface area contributed by atoms with Crippen LogP contribution in [0.15, 0.2) is 72.9 Å². The summed E-state index contributed by atoms with van der Waals surface area (Å²) in [7, 11) is 0. The lowest BCUT2D eigenvalue weighted by atomic mass is 10.2. The van der Waals surface area contributed by atoms with Crippen LogP contribution in [0.1, 0.15) is 28.5 Å². The van der Waals surface area contributed by atoms with Crippen LogP contribution in [-0.2, 0) is 6.54 Å². The van der Waals surface area contributed by atoms with E-state index in [1.165, 1.54) is 0 Å². The average Bonchev–Trinajstić information content (AvgIpc) is 2.73. The van der Waals surface area contributed by atoms with Crippen LogP contribution in [0, 0.1) is 11.3 Å². The molecule has 1 aromatic heterocycles. The number of aromatic nitrogens is 1. The Morgan fingerprint density at radius 2 is 1.81 bits per heavy atom. The summed E-state index contributed by atoms with van der Waals surface area (Å²) in [5.74, 6) is -0.107. The lowest BCUT2D eigenvalue weighted by molar-refractivity contribution is 0.0746. The smallest absolute Gasteiger partial charge is 0.272 e. The largest absolute Gasteiger partial charge is 0.355 e. The fourth-order valence-corrected chi connectivity index (χ4v) is 2.71. The van der Waals surface area contributed by atoms with E-state index in [0.717, 1.165) is 16.9 Å². The van der Waals surface area contributed by atoms with Crippen LogP contribution in [0.2, 0.25) is 0 Å². The van der Waals surface area contributed by atoms with Crippen molar-refractivity contribution < 1.29 is 4.79 Å². The van der Waals surface area contributed by atoms with Gasteiger partial charge in [-0.05, 0) is 48.9 Å². The van der Waals surface area contributed by atoms with Crippen LogP contribution in [0.4, 0.5) is 11.4 Å².